The van der Waals surface area contributed by atoms with Crippen LogP contribution < -0.4 is 15.9 Å². The van der Waals surface area contributed by atoms with Crippen LogP contribution in [0.25, 0.3) is 16.7 Å². The molecule has 0 aliphatic rings. The van der Waals surface area contributed by atoms with Crippen molar-refractivity contribution in [3.63, 3.8) is 0 Å². The number of anilines is 1. The molecule has 10 heteroatoms. The van der Waals surface area contributed by atoms with Gasteiger partial charge in [-0.2, -0.15) is 0 Å². The summed E-state index contributed by atoms with van der Waals surface area (Å²) in [6.45, 7) is 1.95. The molecule has 2 N–H and O–H groups in total. The number of nitrogens with two attached hydrogens (primary N) is 1. The second kappa shape index (κ2) is 8.64. The zero-order valence-electron chi connectivity index (χ0n) is 18.4. The number of sulfone groups is 1. The number of rotatable bonds is 4. The van der Waals surface area contributed by atoms with E-state index in [1.54, 1.807) is 30.5 Å². The smallest absolute Gasteiger partial charge is 0.278 e. The Kier molecular flexibility index (Phi) is 5.75. The predicted octanol–water partition coefficient (Wildman–Crippen LogP) is 4.21. The highest BCUT2D eigenvalue weighted by atomic mass is 35.5. The molecular formula is C25H19Cl2N4O3S+. The van der Waals surface area contributed by atoms with Crippen molar-refractivity contribution in [1.82, 2.24) is 9.38 Å². The Morgan fingerprint density at radius 2 is 1.74 bits per heavy atom. The summed E-state index contributed by atoms with van der Waals surface area (Å²) >= 11 is 12.3. The maximum atomic E-state index is 13.6. The van der Waals surface area contributed by atoms with E-state index in [2.05, 4.69) is 0 Å². The summed E-state index contributed by atoms with van der Waals surface area (Å²) in [5.74, 6) is -0.0581. The van der Waals surface area contributed by atoms with Gasteiger partial charge >= 0.3 is 0 Å². The largest absolute Gasteiger partial charge is 0.317 e. The molecular weight excluding hydrogens is 507 g/mol. The molecule has 0 saturated heterocycles. The molecule has 35 heavy (non-hydrogen) atoms. The van der Waals surface area contributed by atoms with Crippen molar-refractivity contribution < 1.29 is 13.0 Å². The normalized spacial score (nSPS) is 11.9. The minimum absolute atomic E-state index is 0.00179. The molecule has 0 radical (unpaired) electrons. The van der Waals surface area contributed by atoms with Gasteiger partial charge < -0.3 is 5.73 Å². The van der Waals surface area contributed by atoms with Gasteiger partial charge in [0.25, 0.3) is 11.2 Å². The van der Waals surface area contributed by atoms with Gasteiger partial charge in [0.1, 0.15) is 10.3 Å². The van der Waals surface area contributed by atoms with Gasteiger partial charge in [-0.3, -0.25) is 9.20 Å². The highest BCUT2D eigenvalue weighted by Crippen LogP contribution is 2.28. The minimum Gasteiger partial charge on any atom is -0.317 e. The Hall–Kier alpha value is -3.46. The lowest BCUT2D eigenvalue weighted by molar-refractivity contribution is -0.651. The van der Waals surface area contributed by atoms with E-state index in [4.69, 9.17) is 33.9 Å². The van der Waals surface area contributed by atoms with Crippen LogP contribution in [0.15, 0.2) is 87.5 Å². The van der Waals surface area contributed by atoms with E-state index in [1.807, 2.05) is 19.1 Å². The molecule has 7 nitrogen and oxygen atoms in total. The summed E-state index contributed by atoms with van der Waals surface area (Å²) < 4.78 is 30.2. The average Bonchev–Trinajstić information content (AvgIpc) is 2.83. The number of halogens is 2. The van der Waals surface area contributed by atoms with Gasteiger partial charge in [-0.1, -0.05) is 52.5 Å². The molecule has 0 saturated carbocycles. The maximum absolute atomic E-state index is 13.6. The molecule has 0 unspecified atom stereocenters. The third kappa shape index (κ3) is 3.93. The fourth-order valence-electron chi connectivity index (χ4n) is 4.00. The fraction of sp³-hybridized carbons (Fsp3) is 0.0800. The first-order chi connectivity index (χ1) is 16.7. The van der Waals surface area contributed by atoms with E-state index in [-0.39, 0.29) is 33.2 Å². The molecule has 0 bridgehead atoms. The van der Waals surface area contributed by atoms with Gasteiger partial charge in [0.05, 0.1) is 11.4 Å². The summed E-state index contributed by atoms with van der Waals surface area (Å²) in [6.07, 6.45) is 1.60. The van der Waals surface area contributed by atoms with E-state index in [0.29, 0.717) is 21.3 Å². The van der Waals surface area contributed by atoms with Crippen molar-refractivity contribution in [3.05, 3.63) is 104 Å². The number of aryl methyl sites for hydroxylation is 1. The lowest BCUT2D eigenvalue weighted by Gasteiger charge is -2.14. The molecule has 0 aliphatic carbocycles. The van der Waals surface area contributed by atoms with Crippen LogP contribution in [0.2, 0.25) is 10.0 Å². The highest BCUT2D eigenvalue weighted by Gasteiger charge is 2.30. The summed E-state index contributed by atoms with van der Waals surface area (Å²) in [5.41, 5.74) is 8.28. The predicted molar refractivity (Wildman–Crippen MR) is 136 cm³/mol. The van der Waals surface area contributed by atoms with E-state index in [0.717, 1.165) is 5.56 Å². The van der Waals surface area contributed by atoms with Gasteiger partial charge in [-0.15, -0.1) is 0 Å². The number of hydrogen-bond donors (Lipinski definition) is 1. The SMILES string of the molecule is Cc1cccn2c(=O)c3cc(S(=O)(=O)c4ccc(Cl)cc4)c(N)[n+](Cc4ccccc4Cl)c3nc12. The van der Waals surface area contributed by atoms with Crippen LogP contribution in [-0.2, 0) is 16.4 Å². The molecule has 0 atom stereocenters. The fourth-order valence-corrected chi connectivity index (χ4v) is 5.73. The summed E-state index contributed by atoms with van der Waals surface area (Å²) in [5, 5.41) is 0.989. The van der Waals surface area contributed by atoms with Crippen molar-refractivity contribution in [1.29, 1.82) is 0 Å². The summed E-state index contributed by atoms with van der Waals surface area (Å²) in [6, 6.07) is 17.8. The molecule has 0 aliphatic heterocycles. The number of fused-ring (bicyclic) bond motifs is 2. The van der Waals surface area contributed by atoms with Crippen LogP contribution in [0, 0.1) is 6.92 Å². The van der Waals surface area contributed by atoms with Crippen molar-refractivity contribution in [2.24, 2.45) is 0 Å². The summed E-state index contributed by atoms with van der Waals surface area (Å²) in [7, 11) is -4.09. The second-order valence-corrected chi connectivity index (χ2v) is 10.8. The zero-order valence-corrected chi connectivity index (χ0v) is 20.8. The first-order valence-electron chi connectivity index (χ1n) is 10.6. The Bertz CT molecular complexity index is 1800. The molecule has 3 heterocycles. The molecule has 5 rings (SSSR count). The van der Waals surface area contributed by atoms with E-state index < -0.39 is 15.4 Å². The molecule has 0 spiro atoms. The number of nitrogen functional groups attached to an aromatic ring is 1. The van der Waals surface area contributed by atoms with Gasteiger partial charge in [-0.25, -0.2) is 13.0 Å². The van der Waals surface area contributed by atoms with Crippen LogP contribution in [0.1, 0.15) is 11.1 Å². The number of benzene rings is 2. The molecule has 3 aromatic heterocycles. The van der Waals surface area contributed by atoms with Crippen molar-refractivity contribution >= 4 is 55.5 Å². The van der Waals surface area contributed by atoms with E-state index >= 15 is 0 Å². The number of pyridine rings is 2. The van der Waals surface area contributed by atoms with Gasteiger partial charge in [0, 0.05) is 27.4 Å². The third-order valence-electron chi connectivity index (χ3n) is 5.84. The highest BCUT2D eigenvalue weighted by molar-refractivity contribution is 7.91. The van der Waals surface area contributed by atoms with Crippen molar-refractivity contribution in [3.8, 4) is 0 Å². The quantitative estimate of drug-likeness (QED) is 0.280. The first-order valence-corrected chi connectivity index (χ1v) is 12.8. The Labute approximate surface area is 210 Å². The second-order valence-electron chi connectivity index (χ2n) is 8.07. The lowest BCUT2D eigenvalue weighted by atomic mass is 10.2. The average molecular weight is 526 g/mol. The van der Waals surface area contributed by atoms with Crippen LogP contribution in [0.4, 0.5) is 5.82 Å². The molecule has 2 aromatic carbocycles. The molecule has 0 fully saturated rings. The maximum Gasteiger partial charge on any atom is 0.278 e. The number of aromatic nitrogens is 3. The first kappa shape index (κ1) is 23.3. The minimum atomic E-state index is -4.09. The van der Waals surface area contributed by atoms with Gasteiger partial charge in [0.15, 0.2) is 0 Å². The molecule has 176 valence electrons. The van der Waals surface area contributed by atoms with Gasteiger partial charge in [0.2, 0.25) is 21.3 Å². The van der Waals surface area contributed by atoms with Crippen LogP contribution in [0.3, 0.4) is 0 Å². The monoisotopic (exact) mass is 525 g/mol. The Morgan fingerprint density at radius 1 is 1.03 bits per heavy atom. The zero-order chi connectivity index (χ0) is 24.9. The van der Waals surface area contributed by atoms with E-state index in [9.17, 15) is 13.2 Å². The Balaban J connectivity index is 1.89. The number of nitrogens with zero attached hydrogens (tertiary/aromatic N) is 3. The van der Waals surface area contributed by atoms with Crippen LogP contribution in [-0.4, -0.2) is 17.8 Å². The molecule has 0 amide bonds. The number of hydrogen-bond acceptors (Lipinski definition) is 5. The summed E-state index contributed by atoms with van der Waals surface area (Å²) in [4.78, 5) is 18.0. The van der Waals surface area contributed by atoms with E-state index in [1.165, 1.54) is 39.3 Å². The topological polar surface area (TPSA) is 98.4 Å². The van der Waals surface area contributed by atoms with Gasteiger partial charge in [-0.05, 0) is 49.4 Å². The lowest BCUT2D eigenvalue weighted by Crippen LogP contribution is -2.42. The van der Waals surface area contributed by atoms with Crippen molar-refractivity contribution in [2.45, 2.75) is 23.3 Å². The van der Waals surface area contributed by atoms with Crippen LogP contribution >= 0.6 is 23.2 Å². The third-order valence-corrected chi connectivity index (χ3v) is 8.26. The molecule has 5 aromatic rings. The van der Waals surface area contributed by atoms with Crippen LogP contribution in [0.5, 0.6) is 0 Å². The standard InChI is InChI=1S/C25H18Cl2N4O3S/c1-15-5-4-12-30-23(15)29-24-19(25(30)32)13-21(35(33,34)18-10-8-17(26)9-11-18)22(28)31(24)14-16-6-2-3-7-20(16)27/h2-13,28H,14H2,1H3/p+1. The Morgan fingerprint density at radius 3 is 2.46 bits per heavy atom. The van der Waals surface area contributed by atoms with Crippen molar-refractivity contribution in [2.75, 3.05) is 5.73 Å².